The van der Waals surface area contributed by atoms with Crippen molar-refractivity contribution < 1.29 is 0 Å². The van der Waals surface area contributed by atoms with Crippen molar-refractivity contribution in [2.75, 3.05) is 0 Å². The zero-order valence-corrected chi connectivity index (χ0v) is 9.39. The summed E-state index contributed by atoms with van der Waals surface area (Å²) >= 11 is 4.09. The lowest BCUT2D eigenvalue weighted by Crippen LogP contribution is -2.29. The fraction of sp³-hybridized carbons (Fsp3) is 1.00. The summed E-state index contributed by atoms with van der Waals surface area (Å²) in [7, 11) is 3.21. The van der Waals surface area contributed by atoms with Crippen molar-refractivity contribution in [1.29, 1.82) is 0 Å². The number of rotatable bonds is 4. The zero-order valence-electron chi connectivity index (χ0n) is 6.87. The quantitative estimate of drug-likeness (QED) is 0.419. The molecular formula is C6H15NS3. The molecule has 0 fully saturated rings. The molecule has 0 rings (SSSR count). The Morgan fingerprint density at radius 3 is 1.60 bits per heavy atom. The lowest BCUT2D eigenvalue weighted by molar-refractivity contribution is 0.339. The van der Waals surface area contributed by atoms with E-state index in [0.717, 1.165) is 0 Å². The van der Waals surface area contributed by atoms with E-state index in [2.05, 4.69) is 43.7 Å². The summed E-state index contributed by atoms with van der Waals surface area (Å²) in [6.45, 7) is 8.77. The number of hydrogen-bond acceptors (Lipinski definition) is 4. The lowest BCUT2D eigenvalue weighted by atomic mass is 10.3. The highest BCUT2D eigenvalue weighted by molar-refractivity contribution is 9.04. The Labute approximate surface area is 76.7 Å². The van der Waals surface area contributed by atoms with E-state index in [-0.39, 0.29) is 0 Å². The van der Waals surface area contributed by atoms with Crippen LogP contribution in [0.5, 0.6) is 0 Å². The van der Waals surface area contributed by atoms with Gasteiger partial charge < -0.3 is 0 Å². The van der Waals surface area contributed by atoms with Crippen LogP contribution in [-0.4, -0.2) is 16.4 Å². The summed E-state index contributed by atoms with van der Waals surface area (Å²) in [5.41, 5.74) is 0. The second-order valence-electron chi connectivity index (χ2n) is 2.70. The topological polar surface area (TPSA) is 3.24 Å². The molecule has 0 radical (unpaired) electrons. The van der Waals surface area contributed by atoms with Crippen molar-refractivity contribution in [1.82, 2.24) is 4.31 Å². The van der Waals surface area contributed by atoms with Crippen molar-refractivity contribution in [3.8, 4) is 0 Å². The lowest BCUT2D eigenvalue weighted by Gasteiger charge is -2.27. The van der Waals surface area contributed by atoms with Crippen LogP contribution in [0.2, 0.25) is 0 Å². The Hall–Kier alpha value is 1.01. The monoisotopic (exact) mass is 197 g/mol. The van der Waals surface area contributed by atoms with Gasteiger partial charge in [0.15, 0.2) is 0 Å². The Bertz CT molecular complexity index is 77.1. The van der Waals surface area contributed by atoms with Gasteiger partial charge in [0.2, 0.25) is 0 Å². The predicted molar refractivity (Wildman–Crippen MR) is 56.3 cm³/mol. The van der Waals surface area contributed by atoms with Crippen molar-refractivity contribution in [3.63, 3.8) is 0 Å². The summed E-state index contributed by atoms with van der Waals surface area (Å²) in [5.74, 6) is 0. The van der Waals surface area contributed by atoms with E-state index < -0.39 is 0 Å². The fourth-order valence-electron chi connectivity index (χ4n) is 0.807. The first-order chi connectivity index (χ1) is 4.59. The molecule has 0 heterocycles. The molecular weight excluding hydrogens is 182 g/mol. The largest absolute Gasteiger partial charge is 0.236 e. The van der Waals surface area contributed by atoms with Crippen molar-refractivity contribution >= 4 is 32.5 Å². The standard InChI is InChI=1S/C6H15NS3/c1-5(2)7(6(3)4)9-10-8/h5-6,8H,1-4H3. The molecule has 10 heavy (non-hydrogen) atoms. The first-order valence-corrected chi connectivity index (χ1v) is 6.52. The summed E-state index contributed by atoms with van der Waals surface area (Å²) in [4.78, 5) is 0. The molecule has 0 aromatic carbocycles. The van der Waals surface area contributed by atoms with Crippen LogP contribution in [0.4, 0.5) is 0 Å². The molecule has 0 aromatic heterocycles. The summed E-state index contributed by atoms with van der Waals surface area (Å²) in [6.07, 6.45) is 0. The third-order valence-electron chi connectivity index (χ3n) is 1.14. The second-order valence-corrected chi connectivity index (χ2v) is 5.65. The minimum absolute atomic E-state index is 0.588. The second kappa shape index (κ2) is 5.63. The van der Waals surface area contributed by atoms with Crippen molar-refractivity contribution in [3.05, 3.63) is 0 Å². The average Bonchev–Trinajstić information content (AvgIpc) is 1.81. The highest BCUT2D eigenvalue weighted by atomic mass is 33.5. The highest BCUT2D eigenvalue weighted by Crippen LogP contribution is 2.32. The Morgan fingerprint density at radius 1 is 1.10 bits per heavy atom. The van der Waals surface area contributed by atoms with Crippen molar-refractivity contribution in [2.45, 2.75) is 39.8 Å². The van der Waals surface area contributed by atoms with Gasteiger partial charge in [0, 0.05) is 23.1 Å². The van der Waals surface area contributed by atoms with E-state index in [0.29, 0.717) is 12.1 Å². The minimum Gasteiger partial charge on any atom is -0.236 e. The number of nitrogens with zero attached hydrogens (tertiary/aromatic N) is 1. The van der Waals surface area contributed by atoms with Crippen LogP contribution in [0.1, 0.15) is 27.7 Å². The first-order valence-electron chi connectivity index (χ1n) is 3.36. The van der Waals surface area contributed by atoms with Crippen LogP contribution >= 0.6 is 32.5 Å². The van der Waals surface area contributed by atoms with E-state index in [1.54, 1.807) is 11.0 Å². The smallest absolute Gasteiger partial charge is 0.0157 e. The summed E-state index contributed by atoms with van der Waals surface area (Å²) < 4.78 is 2.32. The third-order valence-corrected chi connectivity index (χ3v) is 3.54. The first kappa shape index (κ1) is 11.0. The van der Waals surface area contributed by atoms with Gasteiger partial charge in [-0.05, 0) is 37.5 Å². The maximum atomic E-state index is 4.09. The van der Waals surface area contributed by atoms with Crippen molar-refractivity contribution in [2.24, 2.45) is 0 Å². The highest BCUT2D eigenvalue weighted by Gasteiger charge is 2.12. The van der Waals surface area contributed by atoms with E-state index in [1.165, 1.54) is 9.83 Å². The minimum atomic E-state index is 0.588. The molecule has 0 atom stereocenters. The molecule has 0 amide bonds. The molecule has 0 unspecified atom stereocenters. The van der Waals surface area contributed by atoms with Gasteiger partial charge in [-0.3, -0.25) is 0 Å². The van der Waals surface area contributed by atoms with Gasteiger partial charge in [0.25, 0.3) is 0 Å². The number of hydrogen-bond donors (Lipinski definition) is 1. The predicted octanol–water partition coefficient (Wildman–Crippen LogP) is 3.25. The summed E-state index contributed by atoms with van der Waals surface area (Å²) in [5, 5.41) is 0. The molecule has 0 saturated carbocycles. The molecule has 1 nitrogen and oxygen atoms in total. The van der Waals surface area contributed by atoms with E-state index in [1.807, 2.05) is 0 Å². The molecule has 0 spiro atoms. The normalized spacial score (nSPS) is 12.0. The molecule has 0 bridgehead atoms. The van der Waals surface area contributed by atoms with E-state index >= 15 is 0 Å². The third kappa shape index (κ3) is 4.01. The molecule has 4 heteroatoms. The molecule has 0 aliphatic carbocycles. The molecule has 0 aromatic rings. The number of thiol groups is 1. The molecule has 0 saturated heterocycles. The van der Waals surface area contributed by atoms with Crippen LogP contribution in [-0.2, 0) is 0 Å². The fourth-order valence-corrected chi connectivity index (χ4v) is 3.18. The molecule has 0 aliphatic rings. The van der Waals surface area contributed by atoms with E-state index in [9.17, 15) is 0 Å². The Balaban J connectivity index is 3.73. The maximum absolute atomic E-state index is 4.09. The average molecular weight is 197 g/mol. The van der Waals surface area contributed by atoms with Gasteiger partial charge in [0.1, 0.15) is 0 Å². The van der Waals surface area contributed by atoms with Gasteiger partial charge in [0.05, 0.1) is 0 Å². The van der Waals surface area contributed by atoms with Gasteiger partial charge >= 0.3 is 0 Å². The van der Waals surface area contributed by atoms with Gasteiger partial charge in [-0.2, -0.15) is 0 Å². The van der Waals surface area contributed by atoms with Crippen LogP contribution in [0.3, 0.4) is 0 Å². The summed E-state index contributed by atoms with van der Waals surface area (Å²) in [6, 6.07) is 1.18. The van der Waals surface area contributed by atoms with Crippen LogP contribution in [0, 0.1) is 0 Å². The molecule has 62 valence electrons. The molecule has 0 N–H and O–H groups in total. The zero-order chi connectivity index (χ0) is 8.15. The van der Waals surface area contributed by atoms with E-state index in [4.69, 9.17) is 0 Å². The Kier molecular flexibility index (Phi) is 6.20. The maximum Gasteiger partial charge on any atom is 0.0157 e. The van der Waals surface area contributed by atoms with Crippen LogP contribution < -0.4 is 0 Å². The van der Waals surface area contributed by atoms with Gasteiger partial charge in [-0.15, -0.1) is 0 Å². The van der Waals surface area contributed by atoms with Gasteiger partial charge in [-0.25, -0.2) is 4.31 Å². The van der Waals surface area contributed by atoms with Crippen LogP contribution in [0.25, 0.3) is 0 Å². The van der Waals surface area contributed by atoms with Crippen LogP contribution in [0.15, 0.2) is 0 Å². The Morgan fingerprint density at radius 2 is 1.50 bits per heavy atom. The SMILES string of the molecule is CC(C)N(SSS)C(C)C. The van der Waals surface area contributed by atoms with Gasteiger partial charge in [-0.1, -0.05) is 11.7 Å². The molecule has 0 aliphatic heterocycles.